The van der Waals surface area contributed by atoms with E-state index in [1.54, 1.807) is 42.5 Å². The van der Waals surface area contributed by atoms with Crippen molar-refractivity contribution >= 4 is 23.8 Å². The zero-order valence-electron chi connectivity index (χ0n) is 11.0. The Morgan fingerprint density at radius 3 is 2.19 bits per heavy atom. The van der Waals surface area contributed by atoms with E-state index < -0.39 is 5.91 Å². The second-order valence-electron chi connectivity index (χ2n) is 4.11. The van der Waals surface area contributed by atoms with E-state index in [-0.39, 0.29) is 5.78 Å². The summed E-state index contributed by atoms with van der Waals surface area (Å²) in [4.78, 5) is 22.7. The summed E-state index contributed by atoms with van der Waals surface area (Å²) in [6.45, 7) is 0. The maximum absolute atomic E-state index is 11.9. The predicted molar refractivity (Wildman–Crippen MR) is 77.5 cm³/mol. The molecule has 0 aliphatic heterocycles. The van der Waals surface area contributed by atoms with Gasteiger partial charge in [0.15, 0.2) is 5.78 Å². The molecule has 0 aliphatic carbocycles. The van der Waals surface area contributed by atoms with E-state index in [9.17, 15) is 9.59 Å². The number of hydrogen-bond donors (Lipinski definition) is 2. The van der Waals surface area contributed by atoms with Gasteiger partial charge in [0.25, 0.3) is 5.91 Å². The number of carbonyl (C=O) groups is 2. The Kier molecular flexibility index (Phi) is 4.84. The van der Waals surface area contributed by atoms with Crippen molar-refractivity contribution in [2.45, 2.75) is 0 Å². The number of hydrogen-bond acceptors (Lipinski definition) is 4. The van der Waals surface area contributed by atoms with Crippen LogP contribution in [0.5, 0.6) is 0 Å². The van der Waals surface area contributed by atoms with Gasteiger partial charge in [-0.1, -0.05) is 30.3 Å². The summed E-state index contributed by atoms with van der Waals surface area (Å²) in [5, 5.41) is 8.34. The fourth-order valence-corrected chi connectivity index (χ4v) is 1.60. The van der Waals surface area contributed by atoms with E-state index in [4.69, 9.17) is 9.62 Å². The fourth-order valence-electron chi connectivity index (χ4n) is 1.60. The highest BCUT2D eigenvalue weighted by atomic mass is 16.5. The molecule has 106 valence electrons. The average molecular weight is 283 g/mol. The topological polar surface area (TPSA) is 79.5 Å². The molecular formula is C16H13NO4. The van der Waals surface area contributed by atoms with E-state index in [1.165, 1.54) is 17.6 Å². The zero-order valence-corrected chi connectivity index (χ0v) is 11.0. The molecule has 1 aromatic carbocycles. The standard InChI is InChI=1S/C16H13NO4/c18-15(12-4-2-1-3-5-12)10-8-13-6-7-14(21-13)9-11-16(19)17-20/h1-11,20H,(H,17,19)/b10-8+,11-9+. The molecule has 0 radical (unpaired) electrons. The number of ketones is 1. The Labute approximate surface area is 121 Å². The number of allylic oxidation sites excluding steroid dienone is 1. The van der Waals surface area contributed by atoms with E-state index >= 15 is 0 Å². The molecule has 0 atom stereocenters. The first kappa shape index (κ1) is 14.5. The third-order valence-corrected chi connectivity index (χ3v) is 2.61. The van der Waals surface area contributed by atoms with Crippen molar-refractivity contribution in [1.29, 1.82) is 0 Å². The van der Waals surface area contributed by atoms with E-state index in [0.717, 1.165) is 6.08 Å². The highest BCUT2D eigenvalue weighted by Gasteiger charge is 2.01. The first-order valence-corrected chi connectivity index (χ1v) is 6.18. The van der Waals surface area contributed by atoms with Crippen molar-refractivity contribution in [2.75, 3.05) is 0 Å². The van der Waals surface area contributed by atoms with Crippen molar-refractivity contribution in [3.8, 4) is 0 Å². The highest BCUT2D eigenvalue weighted by Crippen LogP contribution is 2.12. The molecule has 21 heavy (non-hydrogen) atoms. The van der Waals surface area contributed by atoms with Gasteiger partial charge in [-0.15, -0.1) is 0 Å². The van der Waals surface area contributed by atoms with Crippen LogP contribution in [0.25, 0.3) is 12.2 Å². The second-order valence-corrected chi connectivity index (χ2v) is 4.11. The quantitative estimate of drug-likeness (QED) is 0.382. The minimum Gasteiger partial charge on any atom is -0.457 e. The lowest BCUT2D eigenvalue weighted by molar-refractivity contribution is -0.124. The third-order valence-electron chi connectivity index (χ3n) is 2.61. The van der Waals surface area contributed by atoms with Gasteiger partial charge in [0.1, 0.15) is 11.5 Å². The van der Waals surface area contributed by atoms with Crippen LogP contribution in [0, 0.1) is 0 Å². The number of rotatable bonds is 5. The van der Waals surface area contributed by atoms with Crippen LogP contribution in [0.2, 0.25) is 0 Å². The maximum atomic E-state index is 11.9. The molecule has 0 saturated heterocycles. The Hall–Kier alpha value is -2.92. The lowest BCUT2D eigenvalue weighted by Gasteiger charge is -1.93. The first-order valence-electron chi connectivity index (χ1n) is 6.18. The van der Waals surface area contributed by atoms with Crippen LogP contribution in [-0.4, -0.2) is 16.9 Å². The molecule has 2 rings (SSSR count). The van der Waals surface area contributed by atoms with Gasteiger partial charge in [-0.3, -0.25) is 14.8 Å². The van der Waals surface area contributed by atoms with Crippen LogP contribution in [0.3, 0.4) is 0 Å². The zero-order chi connectivity index (χ0) is 15.1. The SMILES string of the molecule is O=C(/C=C/c1ccc(/C=C/C(=O)c2ccccc2)o1)NO. The van der Waals surface area contributed by atoms with Crippen LogP contribution in [0.15, 0.2) is 59.0 Å². The molecule has 0 aliphatic rings. The smallest absolute Gasteiger partial charge is 0.267 e. The van der Waals surface area contributed by atoms with E-state index in [0.29, 0.717) is 17.1 Å². The summed E-state index contributed by atoms with van der Waals surface area (Å²) in [5.74, 6) is 0.153. The Morgan fingerprint density at radius 2 is 1.57 bits per heavy atom. The number of nitrogens with one attached hydrogen (secondary N) is 1. The van der Waals surface area contributed by atoms with Gasteiger partial charge in [0.2, 0.25) is 0 Å². The Balaban J connectivity index is 2.02. The summed E-state index contributed by atoms with van der Waals surface area (Å²) >= 11 is 0. The number of carbonyl (C=O) groups excluding carboxylic acids is 2. The summed E-state index contributed by atoms with van der Waals surface area (Å²) in [6.07, 6.45) is 5.50. The van der Waals surface area contributed by atoms with Crippen LogP contribution in [0.4, 0.5) is 0 Å². The average Bonchev–Trinajstić information content (AvgIpc) is 2.99. The van der Waals surface area contributed by atoms with Crippen molar-refractivity contribution in [3.63, 3.8) is 0 Å². The monoisotopic (exact) mass is 283 g/mol. The summed E-state index contributed by atoms with van der Waals surface area (Å²) < 4.78 is 5.38. The van der Waals surface area contributed by atoms with Crippen molar-refractivity contribution in [3.05, 3.63) is 71.7 Å². The number of amides is 1. The van der Waals surface area contributed by atoms with Crippen LogP contribution in [0.1, 0.15) is 21.9 Å². The molecule has 0 fully saturated rings. The van der Waals surface area contributed by atoms with Crippen molar-refractivity contribution in [2.24, 2.45) is 0 Å². The van der Waals surface area contributed by atoms with Crippen LogP contribution < -0.4 is 5.48 Å². The van der Waals surface area contributed by atoms with Gasteiger partial charge in [-0.05, 0) is 30.4 Å². The van der Waals surface area contributed by atoms with Crippen molar-refractivity contribution in [1.82, 2.24) is 5.48 Å². The van der Waals surface area contributed by atoms with Gasteiger partial charge in [0.05, 0.1) is 0 Å². The molecule has 0 spiro atoms. The summed E-state index contributed by atoms with van der Waals surface area (Å²) in [6, 6.07) is 12.2. The highest BCUT2D eigenvalue weighted by molar-refractivity contribution is 6.06. The van der Waals surface area contributed by atoms with Gasteiger partial charge >= 0.3 is 0 Å². The van der Waals surface area contributed by atoms with Crippen LogP contribution in [-0.2, 0) is 4.79 Å². The molecule has 0 bridgehead atoms. The largest absolute Gasteiger partial charge is 0.457 e. The minimum absolute atomic E-state index is 0.122. The summed E-state index contributed by atoms with van der Waals surface area (Å²) in [7, 11) is 0. The lowest BCUT2D eigenvalue weighted by atomic mass is 10.1. The van der Waals surface area contributed by atoms with Crippen molar-refractivity contribution < 1.29 is 19.2 Å². The van der Waals surface area contributed by atoms with Crippen LogP contribution >= 0.6 is 0 Å². The third kappa shape index (κ3) is 4.29. The normalized spacial score (nSPS) is 11.1. The minimum atomic E-state index is -0.650. The number of benzene rings is 1. The molecule has 2 aromatic rings. The maximum Gasteiger partial charge on any atom is 0.267 e. The molecule has 1 heterocycles. The van der Waals surface area contributed by atoms with E-state index in [1.807, 2.05) is 6.07 Å². The lowest BCUT2D eigenvalue weighted by Crippen LogP contribution is -2.14. The molecule has 0 unspecified atom stereocenters. The molecule has 0 saturated carbocycles. The van der Waals surface area contributed by atoms with Gasteiger partial charge in [0, 0.05) is 11.6 Å². The molecule has 5 heteroatoms. The van der Waals surface area contributed by atoms with Gasteiger partial charge < -0.3 is 4.42 Å². The molecule has 5 nitrogen and oxygen atoms in total. The molecule has 2 N–H and O–H groups in total. The predicted octanol–water partition coefficient (Wildman–Crippen LogP) is 2.69. The van der Waals surface area contributed by atoms with E-state index in [2.05, 4.69) is 0 Å². The molecule has 1 aromatic heterocycles. The van der Waals surface area contributed by atoms with Gasteiger partial charge in [-0.2, -0.15) is 0 Å². The first-order chi connectivity index (χ1) is 10.2. The Bertz CT molecular complexity index is 683. The molecular weight excluding hydrogens is 270 g/mol. The number of hydroxylamine groups is 1. The summed E-state index contributed by atoms with van der Waals surface area (Å²) in [5.41, 5.74) is 2.07. The molecule has 1 amide bonds. The number of furan rings is 1. The fraction of sp³-hybridized carbons (Fsp3) is 0. The Morgan fingerprint density at radius 1 is 0.952 bits per heavy atom. The second kappa shape index (κ2) is 7.02. The van der Waals surface area contributed by atoms with Gasteiger partial charge in [-0.25, -0.2) is 5.48 Å².